The molecule has 0 amide bonds. The molecule has 192 valence electrons. The molecule has 1 aromatic heterocycles. The van der Waals surface area contributed by atoms with Gasteiger partial charge in [-0.3, -0.25) is 4.90 Å². The highest BCUT2D eigenvalue weighted by Crippen LogP contribution is 2.34. The number of nitrogens with zero attached hydrogens (tertiary/aromatic N) is 2. The highest BCUT2D eigenvalue weighted by Gasteiger charge is 2.20. The lowest BCUT2D eigenvalue weighted by Gasteiger charge is -2.22. The van der Waals surface area contributed by atoms with Crippen LogP contribution in [0.1, 0.15) is 54.0 Å². The molecule has 4 aromatic rings. The predicted molar refractivity (Wildman–Crippen MR) is 151 cm³/mol. The maximum Gasteiger partial charge on any atom is 0.119 e. The Morgan fingerprint density at radius 2 is 1.35 bits per heavy atom. The normalized spacial score (nSPS) is 15.2. The quantitative estimate of drug-likeness (QED) is 0.238. The van der Waals surface area contributed by atoms with Gasteiger partial charge in [0.15, 0.2) is 0 Å². The van der Waals surface area contributed by atoms with Gasteiger partial charge in [0.25, 0.3) is 0 Å². The molecule has 1 saturated heterocycles. The van der Waals surface area contributed by atoms with E-state index in [1.54, 1.807) is 7.11 Å². The fourth-order valence-corrected chi connectivity index (χ4v) is 5.35. The molecule has 0 saturated carbocycles. The van der Waals surface area contributed by atoms with E-state index in [0.29, 0.717) is 0 Å². The molecule has 0 bridgehead atoms. The molecule has 1 atom stereocenters. The molecule has 3 aromatic carbocycles. The monoisotopic (exact) mass is 494 g/mol. The first-order valence-corrected chi connectivity index (χ1v) is 13.6. The van der Waals surface area contributed by atoms with E-state index < -0.39 is 0 Å². The van der Waals surface area contributed by atoms with Crippen molar-refractivity contribution in [3.63, 3.8) is 0 Å². The van der Waals surface area contributed by atoms with E-state index in [4.69, 9.17) is 9.47 Å². The summed E-state index contributed by atoms with van der Waals surface area (Å²) in [6.45, 7) is 4.99. The molecule has 4 heteroatoms. The largest absolute Gasteiger partial charge is 0.497 e. The first-order valence-electron chi connectivity index (χ1n) is 13.6. The number of likely N-dealkylation sites (tertiary alicyclic amines) is 1. The number of aromatic nitrogens is 1. The van der Waals surface area contributed by atoms with Gasteiger partial charge in [0.05, 0.1) is 7.11 Å². The molecule has 1 fully saturated rings. The van der Waals surface area contributed by atoms with Crippen LogP contribution in [0.2, 0.25) is 0 Å². The number of benzene rings is 3. The van der Waals surface area contributed by atoms with Crippen molar-refractivity contribution in [1.82, 2.24) is 9.47 Å². The van der Waals surface area contributed by atoms with Crippen LogP contribution in [0.3, 0.4) is 0 Å². The smallest absolute Gasteiger partial charge is 0.119 e. The van der Waals surface area contributed by atoms with E-state index in [1.807, 2.05) is 12.1 Å². The Labute approximate surface area is 221 Å². The molecule has 2 heterocycles. The third-order valence-corrected chi connectivity index (χ3v) is 7.39. The van der Waals surface area contributed by atoms with Gasteiger partial charge < -0.3 is 14.0 Å². The van der Waals surface area contributed by atoms with E-state index >= 15 is 0 Å². The third kappa shape index (κ3) is 6.64. The Balaban J connectivity index is 1.35. The zero-order chi connectivity index (χ0) is 25.3. The molecule has 4 nitrogen and oxygen atoms in total. The van der Waals surface area contributed by atoms with E-state index in [2.05, 4.69) is 94.5 Å². The van der Waals surface area contributed by atoms with Crippen LogP contribution in [0, 0.1) is 0 Å². The second-order valence-electron chi connectivity index (χ2n) is 9.93. The molecule has 0 unspecified atom stereocenters. The van der Waals surface area contributed by atoms with Crippen LogP contribution in [-0.2, 0) is 6.54 Å². The minimum atomic E-state index is 0.107. The molecule has 1 aliphatic rings. The SMILES string of the molecule is COc1ccc([C@@H](c2ccc(OCCN3CCCCCC3)cc2)c2cccn2Cc2ccccc2)cc1. The molecular formula is C33H38N2O2. The minimum absolute atomic E-state index is 0.107. The number of hydrogen-bond acceptors (Lipinski definition) is 3. The molecule has 37 heavy (non-hydrogen) atoms. The predicted octanol–water partition coefficient (Wildman–Crippen LogP) is 6.98. The van der Waals surface area contributed by atoms with E-state index in [0.717, 1.165) is 31.2 Å². The molecular weight excluding hydrogens is 456 g/mol. The Morgan fingerprint density at radius 3 is 2.00 bits per heavy atom. The van der Waals surface area contributed by atoms with Gasteiger partial charge in [-0.15, -0.1) is 0 Å². The summed E-state index contributed by atoms with van der Waals surface area (Å²) < 4.78 is 13.9. The lowest BCUT2D eigenvalue weighted by molar-refractivity contribution is 0.214. The summed E-state index contributed by atoms with van der Waals surface area (Å²) in [4.78, 5) is 2.54. The van der Waals surface area contributed by atoms with Gasteiger partial charge >= 0.3 is 0 Å². The lowest BCUT2D eigenvalue weighted by atomic mass is 9.88. The van der Waals surface area contributed by atoms with Gasteiger partial charge in [0, 0.05) is 30.9 Å². The fraction of sp³-hybridized carbons (Fsp3) is 0.333. The van der Waals surface area contributed by atoms with Crippen LogP contribution in [0.15, 0.2) is 97.2 Å². The Hall–Kier alpha value is -3.50. The van der Waals surface area contributed by atoms with Gasteiger partial charge in [-0.05, 0) is 79.0 Å². The van der Waals surface area contributed by atoms with Crippen molar-refractivity contribution in [3.05, 3.63) is 120 Å². The average molecular weight is 495 g/mol. The fourth-order valence-electron chi connectivity index (χ4n) is 5.35. The minimum Gasteiger partial charge on any atom is -0.497 e. The van der Waals surface area contributed by atoms with Crippen molar-refractivity contribution in [3.8, 4) is 11.5 Å². The van der Waals surface area contributed by atoms with Crippen molar-refractivity contribution < 1.29 is 9.47 Å². The highest BCUT2D eigenvalue weighted by molar-refractivity contribution is 5.44. The Morgan fingerprint density at radius 1 is 0.703 bits per heavy atom. The number of rotatable bonds is 10. The van der Waals surface area contributed by atoms with Crippen molar-refractivity contribution in [2.24, 2.45) is 0 Å². The summed E-state index contributed by atoms with van der Waals surface area (Å²) in [6, 6.07) is 32.2. The second-order valence-corrected chi connectivity index (χ2v) is 9.93. The van der Waals surface area contributed by atoms with Gasteiger partial charge in [0.1, 0.15) is 18.1 Å². The van der Waals surface area contributed by atoms with E-state index in [9.17, 15) is 0 Å². The van der Waals surface area contributed by atoms with Crippen LogP contribution in [0.25, 0.3) is 0 Å². The summed E-state index contributed by atoms with van der Waals surface area (Å²) in [6.07, 6.45) is 7.53. The van der Waals surface area contributed by atoms with Gasteiger partial charge in [-0.2, -0.15) is 0 Å². The van der Waals surface area contributed by atoms with Crippen LogP contribution >= 0.6 is 0 Å². The standard InChI is InChI=1S/C33H38N2O2/c1-36-30-17-13-28(14-18-30)33(32-12-9-23-35(32)26-27-10-5-4-6-11-27)29-15-19-31(20-16-29)37-25-24-34-21-7-2-3-8-22-34/h4-6,9-20,23,33H,2-3,7-8,21-22,24-26H2,1H3/t33-/m0/s1. The first-order chi connectivity index (χ1) is 18.3. The van der Waals surface area contributed by atoms with E-state index in [-0.39, 0.29) is 5.92 Å². The van der Waals surface area contributed by atoms with Crippen LogP contribution < -0.4 is 9.47 Å². The topological polar surface area (TPSA) is 26.6 Å². The molecule has 0 N–H and O–H groups in total. The number of methoxy groups -OCH3 is 1. The lowest BCUT2D eigenvalue weighted by Crippen LogP contribution is -2.29. The Kier molecular flexibility index (Phi) is 8.60. The summed E-state index contributed by atoms with van der Waals surface area (Å²) in [7, 11) is 1.71. The first kappa shape index (κ1) is 25.2. The summed E-state index contributed by atoms with van der Waals surface area (Å²) in [5.41, 5.74) is 5.05. The van der Waals surface area contributed by atoms with Crippen LogP contribution in [0.4, 0.5) is 0 Å². The zero-order valence-electron chi connectivity index (χ0n) is 21.9. The maximum atomic E-state index is 6.15. The highest BCUT2D eigenvalue weighted by atomic mass is 16.5. The average Bonchev–Trinajstić information content (AvgIpc) is 3.22. The van der Waals surface area contributed by atoms with Crippen LogP contribution in [0.5, 0.6) is 11.5 Å². The maximum absolute atomic E-state index is 6.15. The van der Waals surface area contributed by atoms with Crippen molar-refractivity contribution in [2.45, 2.75) is 38.1 Å². The molecule has 0 spiro atoms. The third-order valence-electron chi connectivity index (χ3n) is 7.39. The van der Waals surface area contributed by atoms with Crippen LogP contribution in [-0.4, -0.2) is 42.8 Å². The van der Waals surface area contributed by atoms with Crippen molar-refractivity contribution >= 4 is 0 Å². The van der Waals surface area contributed by atoms with Crippen molar-refractivity contribution in [2.75, 3.05) is 33.4 Å². The molecule has 5 rings (SSSR count). The number of ether oxygens (including phenoxy) is 2. The molecule has 1 aliphatic heterocycles. The summed E-state index contributed by atoms with van der Waals surface area (Å²) in [5, 5.41) is 0. The summed E-state index contributed by atoms with van der Waals surface area (Å²) in [5.74, 6) is 1.91. The van der Waals surface area contributed by atoms with E-state index in [1.165, 1.54) is 61.2 Å². The Bertz CT molecular complexity index is 1210. The van der Waals surface area contributed by atoms with Gasteiger partial charge in [0.2, 0.25) is 0 Å². The van der Waals surface area contributed by atoms with Gasteiger partial charge in [-0.1, -0.05) is 67.4 Å². The summed E-state index contributed by atoms with van der Waals surface area (Å²) >= 11 is 0. The second kappa shape index (κ2) is 12.6. The molecule has 0 radical (unpaired) electrons. The zero-order valence-corrected chi connectivity index (χ0v) is 21.9. The van der Waals surface area contributed by atoms with Gasteiger partial charge in [-0.25, -0.2) is 0 Å². The van der Waals surface area contributed by atoms with Crippen molar-refractivity contribution in [1.29, 1.82) is 0 Å². The number of hydrogen-bond donors (Lipinski definition) is 0. The molecule has 0 aliphatic carbocycles.